The zero-order valence-corrected chi connectivity index (χ0v) is 11.7. The second-order valence-electron chi connectivity index (χ2n) is 5.65. The molecule has 0 unspecified atom stereocenters. The zero-order valence-electron chi connectivity index (χ0n) is 11.7. The lowest BCUT2D eigenvalue weighted by atomic mass is 10.2. The molecular weight excluding hydrogens is 220 g/mol. The van der Waals surface area contributed by atoms with Gasteiger partial charge in [0.2, 0.25) is 0 Å². The van der Waals surface area contributed by atoms with Gasteiger partial charge in [-0.25, -0.2) is 0 Å². The Morgan fingerprint density at radius 1 is 1.22 bits per heavy atom. The zero-order chi connectivity index (χ0) is 12.8. The molecule has 2 nitrogen and oxygen atoms in total. The Bertz CT molecular complexity index is 330. The lowest BCUT2D eigenvalue weighted by molar-refractivity contribution is 0.249. The molecule has 1 aliphatic carbocycles. The second-order valence-corrected chi connectivity index (χ2v) is 5.65. The van der Waals surface area contributed by atoms with E-state index in [2.05, 4.69) is 54.4 Å². The van der Waals surface area contributed by atoms with Crippen molar-refractivity contribution >= 4 is 0 Å². The molecule has 1 N–H and O–H groups in total. The molecule has 100 valence electrons. The predicted octanol–water partition coefficient (Wildman–Crippen LogP) is 3.04. The quantitative estimate of drug-likeness (QED) is 0.709. The first-order valence-electron chi connectivity index (χ1n) is 7.27. The summed E-state index contributed by atoms with van der Waals surface area (Å²) in [6.45, 7) is 7.90. The van der Waals surface area contributed by atoms with Gasteiger partial charge in [-0.1, -0.05) is 44.2 Å². The van der Waals surface area contributed by atoms with Crippen LogP contribution in [0.4, 0.5) is 0 Å². The van der Waals surface area contributed by atoms with Crippen LogP contribution >= 0.6 is 0 Å². The van der Waals surface area contributed by atoms with E-state index in [1.54, 1.807) is 0 Å². The summed E-state index contributed by atoms with van der Waals surface area (Å²) in [5, 5.41) is 3.50. The Labute approximate surface area is 111 Å². The molecule has 0 aliphatic heterocycles. The van der Waals surface area contributed by atoms with Gasteiger partial charge in [0.05, 0.1) is 0 Å². The van der Waals surface area contributed by atoms with Gasteiger partial charge >= 0.3 is 0 Å². The monoisotopic (exact) mass is 246 g/mol. The van der Waals surface area contributed by atoms with Crippen LogP contribution in [0.5, 0.6) is 0 Å². The van der Waals surface area contributed by atoms with Crippen molar-refractivity contribution in [1.82, 2.24) is 10.2 Å². The molecule has 1 aromatic rings. The van der Waals surface area contributed by atoms with Gasteiger partial charge in [-0.3, -0.25) is 4.90 Å². The van der Waals surface area contributed by atoms with E-state index in [1.807, 2.05) is 0 Å². The Hall–Kier alpha value is -0.860. The molecule has 1 saturated carbocycles. The normalized spacial score (nSPS) is 15.6. The molecular formula is C16H26N2. The SMILES string of the molecule is CC(C)NCCCN(Cc1ccccc1)C1CC1. The van der Waals surface area contributed by atoms with Crippen molar-refractivity contribution in [2.45, 2.75) is 51.7 Å². The maximum Gasteiger partial charge on any atom is 0.0236 e. The van der Waals surface area contributed by atoms with Gasteiger partial charge in [0.1, 0.15) is 0 Å². The van der Waals surface area contributed by atoms with E-state index in [0.29, 0.717) is 6.04 Å². The van der Waals surface area contributed by atoms with Gasteiger partial charge in [-0.2, -0.15) is 0 Å². The molecule has 0 heterocycles. The van der Waals surface area contributed by atoms with Gasteiger partial charge in [0.25, 0.3) is 0 Å². The van der Waals surface area contributed by atoms with Crippen LogP contribution in [-0.4, -0.2) is 30.1 Å². The molecule has 0 aromatic heterocycles. The van der Waals surface area contributed by atoms with Gasteiger partial charge in [0, 0.05) is 18.6 Å². The minimum atomic E-state index is 0.605. The van der Waals surface area contributed by atoms with Gasteiger partial charge in [-0.05, 0) is 37.9 Å². The molecule has 0 spiro atoms. The summed E-state index contributed by atoms with van der Waals surface area (Å²) in [4.78, 5) is 2.65. The smallest absolute Gasteiger partial charge is 0.0236 e. The molecule has 0 saturated heterocycles. The minimum Gasteiger partial charge on any atom is -0.314 e. The number of hydrogen-bond acceptors (Lipinski definition) is 2. The molecule has 1 fully saturated rings. The molecule has 2 heteroatoms. The van der Waals surface area contributed by atoms with E-state index in [-0.39, 0.29) is 0 Å². The van der Waals surface area contributed by atoms with E-state index in [4.69, 9.17) is 0 Å². The highest BCUT2D eigenvalue weighted by Crippen LogP contribution is 2.28. The van der Waals surface area contributed by atoms with Crippen LogP contribution in [0.2, 0.25) is 0 Å². The molecule has 2 rings (SSSR count). The third-order valence-electron chi connectivity index (χ3n) is 3.47. The number of nitrogens with zero attached hydrogens (tertiary/aromatic N) is 1. The van der Waals surface area contributed by atoms with Crippen LogP contribution in [0.1, 0.15) is 38.7 Å². The Morgan fingerprint density at radius 3 is 2.56 bits per heavy atom. The lowest BCUT2D eigenvalue weighted by Gasteiger charge is -2.22. The number of nitrogens with one attached hydrogen (secondary N) is 1. The van der Waals surface area contributed by atoms with Crippen molar-refractivity contribution in [3.05, 3.63) is 35.9 Å². The van der Waals surface area contributed by atoms with Crippen molar-refractivity contribution < 1.29 is 0 Å². The summed E-state index contributed by atoms with van der Waals surface area (Å²) in [6.07, 6.45) is 4.04. The van der Waals surface area contributed by atoms with E-state index in [0.717, 1.165) is 19.1 Å². The van der Waals surface area contributed by atoms with Crippen LogP contribution in [0.15, 0.2) is 30.3 Å². The average molecular weight is 246 g/mol. The lowest BCUT2D eigenvalue weighted by Crippen LogP contribution is -2.31. The Morgan fingerprint density at radius 2 is 1.94 bits per heavy atom. The molecule has 0 radical (unpaired) electrons. The molecule has 1 aromatic carbocycles. The molecule has 0 amide bonds. The highest BCUT2D eigenvalue weighted by Gasteiger charge is 2.28. The van der Waals surface area contributed by atoms with E-state index >= 15 is 0 Å². The van der Waals surface area contributed by atoms with Crippen LogP contribution in [-0.2, 0) is 6.54 Å². The van der Waals surface area contributed by atoms with Crippen LogP contribution < -0.4 is 5.32 Å². The van der Waals surface area contributed by atoms with E-state index in [1.165, 1.54) is 31.4 Å². The molecule has 18 heavy (non-hydrogen) atoms. The standard InChI is InChI=1S/C16H26N2/c1-14(2)17-11-6-12-18(16-9-10-16)13-15-7-4-3-5-8-15/h3-5,7-8,14,16-17H,6,9-13H2,1-2H3. The van der Waals surface area contributed by atoms with Gasteiger partial charge in [-0.15, -0.1) is 0 Å². The first-order chi connectivity index (χ1) is 8.75. The second kappa shape index (κ2) is 6.91. The first-order valence-corrected chi connectivity index (χ1v) is 7.27. The van der Waals surface area contributed by atoms with Crippen molar-refractivity contribution in [2.24, 2.45) is 0 Å². The van der Waals surface area contributed by atoms with Crippen LogP contribution in [0.3, 0.4) is 0 Å². The summed E-state index contributed by atoms with van der Waals surface area (Å²) in [7, 11) is 0. The maximum absolute atomic E-state index is 3.50. The number of hydrogen-bond donors (Lipinski definition) is 1. The average Bonchev–Trinajstić information content (AvgIpc) is 3.18. The first kappa shape index (κ1) is 13.6. The summed E-state index contributed by atoms with van der Waals surface area (Å²) < 4.78 is 0. The van der Waals surface area contributed by atoms with Crippen molar-refractivity contribution in [3.8, 4) is 0 Å². The highest BCUT2D eigenvalue weighted by atomic mass is 15.2. The fraction of sp³-hybridized carbons (Fsp3) is 0.625. The molecule has 0 atom stereocenters. The Balaban J connectivity index is 1.74. The maximum atomic E-state index is 3.50. The van der Waals surface area contributed by atoms with Crippen LogP contribution in [0, 0.1) is 0 Å². The third-order valence-corrected chi connectivity index (χ3v) is 3.47. The molecule has 1 aliphatic rings. The Kier molecular flexibility index (Phi) is 5.21. The highest BCUT2D eigenvalue weighted by molar-refractivity contribution is 5.14. The van der Waals surface area contributed by atoms with Gasteiger partial charge in [0.15, 0.2) is 0 Å². The fourth-order valence-electron chi connectivity index (χ4n) is 2.32. The van der Waals surface area contributed by atoms with Crippen LogP contribution in [0.25, 0.3) is 0 Å². The summed E-state index contributed by atoms with van der Waals surface area (Å²) in [6, 6.07) is 12.3. The number of rotatable bonds is 8. The van der Waals surface area contributed by atoms with Crippen molar-refractivity contribution in [1.29, 1.82) is 0 Å². The van der Waals surface area contributed by atoms with E-state index in [9.17, 15) is 0 Å². The largest absolute Gasteiger partial charge is 0.314 e. The predicted molar refractivity (Wildman–Crippen MR) is 77.6 cm³/mol. The fourth-order valence-corrected chi connectivity index (χ4v) is 2.32. The summed E-state index contributed by atoms with van der Waals surface area (Å²) >= 11 is 0. The van der Waals surface area contributed by atoms with Crippen molar-refractivity contribution in [3.63, 3.8) is 0 Å². The number of benzene rings is 1. The topological polar surface area (TPSA) is 15.3 Å². The molecule has 0 bridgehead atoms. The van der Waals surface area contributed by atoms with Crippen molar-refractivity contribution in [2.75, 3.05) is 13.1 Å². The minimum absolute atomic E-state index is 0.605. The van der Waals surface area contributed by atoms with Gasteiger partial charge < -0.3 is 5.32 Å². The van der Waals surface area contributed by atoms with E-state index < -0.39 is 0 Å². The summed E-state index contributed by atoms with van der Waals surface area (Å²) in [5.74, 6) is 0. The summed E-state index contributed by atoms with van der Waals surface area (Å²) in [5.41, 5.74) is 1.45. The third kappa shape index (κ3) is 4.79.